The Bertz CT molecular complexity index is 458. The molecule has 1 N–H and O–H groups in total. The zero-order valence-electron chi connectivity index (χ0n) is 11.9. The Labute approximate surface area is 124 Å². The normalized spacial score (nSPS) is 15.2. The highest BCUT2D eigenvalue weighted by Crippen LogP contribution is 2.08. The van der Waals surface area contributed by atoms with Crippen LogP contribution in [0.3, 0.4) is 0 Å². The molecule has 21 heavy (non-hydrogen) atoms. The van der Waals surface area contributed by atoms with Crippen LogP contribution in [0, 0.1) is 0 Å². The molecule has 1 aliphatic heterocycles. The summed E-state index contributed by atoms with van der Waals surface area (Å²) in [6, 6.07) is 9.34. The van der Waals surface area contributed by atoms with Gasteiger partial charge in [-0.25, -0.2) is 9.59 Å². The molecule has 0 aliphatic carbocycles. The molecule has 2 rings (SSSR count). The van der Waals surface area contributed by atoms with Crippen molar-refractivity contribution < 1.29 is 19.2 Å². The lowest BCUT2D eigenvalue weighted by Crippen LogP contribution is -2.37. The van der Waals surface area contributed by atoms with Gasteiger partial charge in [0.05, 0.1) is 0 Å². The SMILES string of the molecule is O=C(CNC(=O)OCc1ccccc1)ON1CCCCC1. The van der Waals surface area contributed by atoms with E-state index in [0.29, 0.717) is 0 Å². The monoisotopic (exact) mass is 292 g/mol. The van der Waals surface area contributed by atoms with Crippen LogP contribution in [0.15, 0.2) is 30.3 Å². The lowest BCUT2D eigenvalue weighted by atomic mass is 10.2. The summed E-state index contributed by atoms with van der Waals surface area (Å²) in [4.78, 5) is 28.1. The number of benzene rings is 1. The Morgan fingerprint density at radius 3 is 2.52 bits per heavy atom. The van der Waals surface area contributed by atoms with Gasteiger partial charge in [0.2, 0.25) is 0 Å². The van der Waals surface area contributed by atoms with Crippen LogP contribution in [0.5, 0.6) is 0 Å². The number of carbonyl (C=O) groups excluding carboxylic acids is 2. The van der Waals surface area contributed by atoms with Gasteiger partial charge in [0.1, 0.15) is 13.2 Å². The predicted octanol–water partition coefficient (Wildman–Crippen LogP) is 1.86. The van der Waals surface area contributed by atoms with Crippen LogP contribution in [-0.4, -0.2) is 36.8 Å². The number of nitrogens with one attached hydrogen (secondary N) is 1. The minimum atomic E-state index is -0.630. The van der Waals surface area contributed by atoms with Gasteiger partial charge in [0.25, 0.3) is 0 Å². The summed E-state index contributed by atoms with van der Waals surface area (Å²) in [7, 11) is 0. The number of hydrogen-bond acceptors (Lipinski definition) is 5. The van der Waals surface area contributed by atoms with Crippen molar-refractivity contribution in [1.29, 1.82) is 0 Å². The Kier molecular flexibility index (Phi) is 6.02. The number of carbonyl (C=O) groups is 2. The van der Waals surface area contributed by atoms with Crippen LogP contribution in [0.2, 0.25) is 0 Å². The van der Waals surface area contributed by atoms with Crippen molar-refractivity contribution in [2.24, 2.45) is 0 Å². The summed E-state index contributed by atoms with van der Waals surface area (Å²) in [5, 5.41) is 4.02. The first-order chi connectivity index (χ1) is 10.2. The molecule has 0 bridgehead atoms. The zero-order valence-corrected chi connectivity index (χ0v) is 11.9. The highest BCUT2D eigenvalue weighted by molar-refractivity contribution is 5.77. The van der Waals surface area contributed by atoms with Gasteiger partial charge in [-0.05, 0) is 18.4 Å². The van der Waals surface area contributed by atoms with E-state index in [1.165, 1.54) is 0 Å². The minimum Gasteiger partial charge on any atom is -0.445 e. The van der Waals surface area contributed by atoms with Gasteiger partial charge in [-0.1, -0.05) is 36.8 Å². The van der Waals surface area contributed by atoms with Crippen LogP contribution in [0.25, 0.3) is 0 Å². The lowest BCUT2D eigenvalue weighted by molar-refractivity contribution is -0.193. The van der Waals surface area contributed by atoms with Crippen LogP contribution in [0.1, 0.15) is 24.8 Å². The second-order valence-corrected chi connectivity index (χ2v) is 4.87. The lowest BCUT2D eigenvalue weighted by Gasteiger charge is -2.24. The average Bonchev–Trinajstić information content (AvgIpc) is 2.53. The van der Waals surface area contributed by atoms with Gasteiger partial charge in [0, 0.05) is 13.1 Å². The van der Waals surface area contributed by atoms with Crippen LogP contribution >= 0.6 is 0 Å². The van der Waals surface area contributed by atoms with E-state index in [-0.39, 0.29) is 13.2 Å². The number of nitrogens with zero attached hydrogens (tertiary/aromatic N) is 1. The molecule has 1 saturated heterocycles. The molecular weight excluding hydrogens is 272 g/mol. The highest BCUT2D eigenvalue weighted by atomic mass is 16.7. The molecule has 1 aliphatic rings. The summed E-state index contributed by atoms with van der Waals surface area (Å²) in [5.74, 6) is -0.478. The van der Waals surface area contributed by atoms with Crippen molar-refractivity contribution in [2.75, 3.05) is 19.6 Å². The number of alkyl carbamates (subject to hydrolysis) is 1. The molecule has 1 heterocycles. The number of amides is 1. The molecule has 0 aromatic heterocycles. The van der Waals surface area contributed by atoms with Crippen LogP contribution in [-0.2, 0) is 21.0 Å². The maximum Gasteiger partial charge on any atom is 0.407 e. The average molecular weight is 292 g/mol. The third-order valence-corrected chi connectivity index (χ3v) is 3.14. The van der Waals surface area contributed by atoms with Crippen LogP contribution < -0.4 is 5.32 Å². The molecular formula is C15H20N2O4. The molecule has 0 atom stereocenters. The predicted molar refractivity (Wildman–Crippen MR) is 76.1 cm³/mol. The second kappa shape index (κ2) is 8.26. The van der Waals surface area contributed by atoms with Crippen molar-refractivity contribution in [3.05, 3.63) is 35.9 Å². The summed E-state index contributed by atoms with van der Waals surface area (Å²) in [5.41, 5.74) is 0.892. The van der Waals surface area contributed by atoms with E-state index in [9.17, 15) is 9.59 Å². The molecule has 0 spiro atoms. The van der Waals surface area contributed by atoms with E-state index < -0.39 is 12.1 Å². The molecule has 1 amide bonds. The van der Waals surface area contributed by atoms with Crippen molar-refractivity contribution in [3.63, 3.8) is 0 Å². The Hall–Kier alpha value is -2.08. The van der Waals surface area contributed by atoms with E-state index in [1.54, 1.807) is 5.06 Å². The first kappa shape index (κ1) is 15.3. The fourth-order valence-electron chi connectivity index (χ4n) is 2.05. The van der Waals surface area contributed by atoms with E-state index in [1.807, 2.05) is 30.3 Å². The van der Waals surface area contributed by atoms with E-state index in [0.717, 1.165) is 37.9 Å². The Morgan fingerprint density at radius 2 is 1.81 bits per heavy atom. The first-order valence-corrected chi connectivity index (χ1v) is 7.14. The van der Waals surface area contributed by atoms with Crippen molar-refractivity contribution in [3.8, 4) is 0 Å². The van der Waals surface area contributed by atoms with Crippen molar-refractivity contribution in [2.45, 2.75) is 25.9 Å². The standard InChI is InChI=1S/C15H20N2O4/c18-14(21-17-9-5-2-6-10-17)11-16-15(19)20-12-13-7-3-1-4-8-13/h1,3-4,7-8H,2,5-6,9-12H2,(H,16,19). The molecule has 0 radical (unpaired) electrons. The van der Waals surface area contributed by atoms with Gasteiger partial charge in [-0.3, -0.25) is 0 Å². The largest absolute Gasteiger partial charge is 0.445 e. The summed E-state index contributed by atoms with van der Waals surface area (Å²) < 4.78 is 5.00. The third-order valence-electron chi connectivity index (χ3n) is 3.14. The summed E-state index contributed by atoms with van der Waals surface area (Å²) in [6.45, 7) is 1.49. The maximum absolute atomic E-state index is 11.6. The van der Waals surface area contributed by atoms with Crippen molar-refractivity contribution >= 4 is 12.1 Å². The molecule has 6 heteroatoms. The van der Waals surface area contributed by atoms with E-state index >= 15 is 0 Å². The summed E-state index contributed by atoms with van der Waals surface area (Å²) in [6.07, 6.45) is 2.59. The first-order valence-electron chi connectivity index (χ1n) is 7.14. The minimum absolute atomic E-state index is 0.174. The van der Waals surface area contributed by atoms with Gasteiger partial charge in [0.15, 0.2) is 0 Å². The number of ether oxygens (including phenoxy) is 1. The van der Waals surface area contributed by atoms with Crippen molar-refractivity contribution in [1.82, 2.24) is 10.4 Å². The molecule has 6 nitrogen and oxygen atoms in total. The van der Waals surface area contributed by atoms with Crippen LogP contribution in [0.4, 0.5) is 4.79 Å². The van der Waals surface area contributed by atoms with Gasteiger partial charge in [-0.15, -0.1) is 5.06 Å². The fraction of sp³-hybridized carbons (Fsp3) is 0.467. The van der Waals surface area contributed by atoms with E-state index in [2.05, 4.69) is 5.32 Å². The smallest absolute Gasteiger partial charge is 0.407 e. The Balaban J connectivity index is 1.60. The molecule has 1 aromatic carbocycles. The molecule has 0 saturated carbocycles. The molecule has 1 fully saturated rings. The van der Waals surface area contributed by atoms with Gasteiger partial charge >= 0.3 is 12.1 Å². The molecule has 1 aromatic rings. The van der Waals surface area contributed by atoms with E-state index in [4.69, 9.17) is 9.57 Å². The van der Waals surface area contributed by atoms with Gasteiger partial charge < -0.3 is 14.9 Å². The number of piperidine rings is 1. The number of hydrogen-bond donors (Lipinski definition) is 1. The zero-order chi connectivity index (χ0) is 14.9. The Morgan fingerprint density at radius 1 is 1.10 bits per heavy atom. The van der Waals surface area contributed by atoms with Gasteiger partial charge in [-0.2, -0.15) is 0 Å². The maximum atomic E-state index is 11.6. The second-order valence-electron chi connectivity index (χ2n) is 4.87. The number of rotatable bonds is 5. The third kappa shape index (κ3) is 5.83. The number of hydroxylamine groups is 2. The molecule has 0 unspecified atom stereocenters. The fourth-order valence-corrected chi connectivity index (χ4v) is 2.05. The topological polar surface area (TPSA) is 67.9 Å². The quantitative estimate of drug-likeness (QED) is 0.897. The highest BCUT2D eigenvalue weighted by Gasteiger charge is 2.15. The summed E-state index contributed by atoms with van der Waals surface area (Å²) >= 11 is 0. The molecule has 114 valence electrons.